The Morgan fingerprint density at radius 3 is 2.54 bits per heavy atom. The van der Waals surface area contributed by atoms with Crippen LogP contribution in [0, 0.1) is 12.8 Å². The highest BCUT2D eigenvalue weighted by Gasteiger charge is 2.17. The average Bonchev–Trinajstić information content (AvgIpc) is 2.47. The van der Waals surface area contributed by atoms with Gasteiger partial charge in [0.2, 0.25) is 0 Å². The second kappa shape index (κ2) is 4.77. The molecule has 1 aromatic heterocycles. The van der Waals surface area contributed by atoms with Gasteiger partial charge in [-0.2, -0.15) is 0 Å². The molecule has 1 nitrogen and oxygen atoms in total. The van der Waals surface area contributed by atoms with Crippen LogP contribution in [-0.2, 0) is 0 Å². The van der Waals surface area contributed by atoms with E-state index in [0.29, 0.717) is 12.0 Å². The van der Waals surface area contributed by atoms with E-state index in [4.69, 9.17) is 0 Å². The Kier molecular flexibility index (Phi) is 3.94. The summed E-state index contributed by atoms with van der Waals surface area (Å²) in [5, 5.41) is 5.71. The van der Waals surface area contributed by atoms with Gasteiger partial charge in [-0.3, -0.25) is 0 Å². The van der Waals surface area contributed by atoms with Crippen LogP contribution in [0.15, 0.2) is 11.4 Å². The van der Waals surface area contributed by atoms with Gasteiger partial charge in [0.25, 0.3) is 0 Å². The molecule has 0 aliphatic rings. The summed E-state index contributed by atoms with van der Waals surface area (Å²) in [4.78, 5) is 1.50. The van der Waals surface area contributed by atoms with Gasteiger partial charge in [-0.05, 0) is 36.4 Å². The maximum absolute atomic E-state index is 3.54. The molecule has 1 aromatic rings. The van der Waals surface area contributed by atoms with Crippen LogP contribution in [-0.4, -0.2) is 6.54 Å². The number of nitrogens with one attached hydrogen (secondary N) is 1. The van der Waals surface area contributed by atoms with Crippen LogP contribution >= 0.6 is 11.3 Å². The van der Waals surface area contributed by atoms with E-state index in [9.17, 15) is 0 Å². The molecule has 1 N–H and O–H groups in total. The van der Waals surface area contributed by atoms with Crippen molar-refractivity contribution < 1.29 is 0 Å². The number of rotatable bonds is 4. The number of hydrogen-bond acceptors (Lipinski definition) is 2. The van der Waals surface area contributed by atoms with Crippen molar-refractivity contribution in [2.24, 2.45) is 5.92 Å². The summed E-state index contributed by atoms with van der Waals surface area (Å²) in [6.45, 7) is 9.94. The van der Waals surface area contributed by atoms with Gasteiger partial charge in [-0.1, -0.05) is 20.8 Å². The predicted molar refractivity (Wildman–Crippen MR) is 60.3 cm³/mol. The van der Waals surface area contributed by atoms with Gasteiger partial charge < -0.3 is 5.32 Å². The van der Waals surface area contributed by atoms with Gasteiger partial charge >= 0.3 is 0 Å². The zero-order valence-electron chi connectivity index (χ0n) is 8.92. The lowest BCUT2D eigenvalue weighted by molar-refractivity contribution is 0.426. The molecule has 0 spiro atoms. The Bertz CT molecular complexity index is 252. The minimum Gasteiger partial charge on any atom is -0.309 e. The molecule has 0 saturated heterocycles. The number of hydrogen-bond donors (Lipinski definition) is 1. The predicted octanol–water partition coefficient (Wildman–Crippen LogP) is 3.36. The third-order valence-electron chi connectivity index (χ3n) is 2.27. The summed E-state index contributed by atoms with van der Waals surface area (Å²) in [6.07, 6.45) is 0. The van der Waals surface area contributed by atoms with Crippen molar-refractivity contribution in [3.63, 3.8) is 0 Å². The fraction of sp³-hybridized carbons (Fsp3) is 0.636. The summed E-state index contributed by atoms with van der Waals surface area (Å²) >= 11 is 1.86. The van der Waals surface area contributed by atoms with Gasteiger partial charge in [0.15, 0.2) is 0 Å². The van der Waals surface area contributed by atoms with Crippen molar-refractivity contribution in [3.8, 4) is 0 Å². The van der Waals surface area contributed by atoms with Crippen LogP contribution in [0.3, 0.4) is 0 Å². The molecule has 0 saturated carbocycles. The lowest BCUT2D eigenvalue weighted by Crippen LogP contribution is -2.25. The van der Waals surface area contributed by atoms with Crippen LogP contribution in [0.5, 0.6) is 0 Å². The van der Waals surface area contributed by atoms with E-state index in [1.54, 1.807) is 0 Å². The SMILES string of the molecule is CCNC(c1sccc1C)C(C)C. The Hall–Kier alpha value is -0.340. The first-order valence-electron chi connectivity index (χ1n) is 4.94. The van der Waals surface area contributed by atoms with Crippen LogP contribution in [0.2, 0.25) is 0 Å². The van der Waals surface area contributed by atoms with E-state index in [-0.39, 0.29) is 0 Å². The monoisotopic (exact) mass is 197 g/mol. The molecule has 0 aliphatic heterocycles. The molecule has 1 unspecified atom stereocenters. The van der Waals surface area contributed by atoms with E-state index < -0.39 is 0 Å². The molecular formula is C11H19NS. The molecule has 0 amide bonds. The fourth-order valence-corrected chi connectivity index (χ4v) is 2.73. The van der Waals surface area contributed by atoms with Crippen molar-refractivity contribution in [2.75, 3.05) is 6.54 Å². The van der Waals surface area contributed by atoms with E-state index in [2.05, 4.69) is 44.5 Å². The minimum absolute atomic E-state index is 0.532. The minimum atomic E-state index is 0.532. The van der Waals surface area contributed by atoms with E-state index in [1.807, 2.05) is 11.3 Å². The zero-order valence-corrected chi connectivity index (χ0v) is 9.74. The molecule has 0 aliphatic carbocycles. The molecule has 0 radical (unpaired) electrons. The topological polar surface area (TPSA) is 12.0 Å². The van der Waals surface area contributed by atoms with Gasteiger partial charge in [0.05, 0.1) is 0 Å². The second-order valence-electron chi connectivity index (χ2n) is 3.75. The van der Waals surface area contributed by atoms with Crippen molar-refractivity contribution in [1.29, 1.82) is 0 Å². The van der Waals surface area contributed by atoms with Gasteiger partial charge in [-0.25, -0.2) is 0 Å². The molecule has 0 bridgehead atoms. The van der Waals surface area contributed by atoms with Crippen molar-refractivity contribution in [2.45, 2.75) is 33.7 Å². The lowest BCUT2D eigenvalue weighted by atomic mass is 10.0. The Morgan fingerprint density at radius 1 is 1.46 bits per heavy atom. The first kappa shape index (κ1) is 10.7. The normalized spacial score (nSPS) is 13.6. The number of thiophene rings is 1. The summed E-state index contributed by atoms with van der Waals surface area (Å²) in [5.41, 5.74) is 1.42. The Balaban J connectivity index is 2.82. The molecule has 74 valence electrons. The van der Waals surface area contributed by atoms with Gasteiger partial charge in [0, 0.05) is 10.9 Å². The summed E-state index contributed by atoms with van der Waals surface area (Å²) in [6, 6.07) is 2.73. The van der Waals surface area contributed by atoms with Crippen molar-refractivity contribution in [3.05, 3.63) is 21.9 Å². The molecule has 1 heterocycles. The lowest BCUT2D eigenvalue weighted by Gasteiger charge is -2.21. The molecule has 1 rings (SSSR count). The highest BCUT2D eigenvalue weighted by molar-refractivity contribution is 7.10. The molecule has 1 atom stereocenters. The standard InChI is InChI=1S/C11H19NS/c1-5-12-10(8(2)3)11-9(4)6-7-13-11/h6-8,10,12H,5H2,1-4H3. The molecular weight excluding hydrogens is 178 g/mol. The van der Waals surface area contributed by atoms with Crippen LogP contribution in [0.4, 0.5) is 0 Å². The molecule has 2 heteroatoms. The quantitative estimate of drug-likeness (QED) is 0.780. The summed E-state index contributed by atoms with van der Waals surface area (Å²) < 4.78 is 0. The maximum Gasteiger partial charge on any atom is 0.0440 e. The van der Waals surface area contributed by atoms with Crippen LogP contribution in [0.25, 0.3) is 0 Å². The van der Waals surface area contributed by atoms with Crippen molar-refractivity contribution in [1.82, 2.24) is 5.32 Å². The van der Waals surface area contributed by atoms with Crippen molar-refractivity contribution >= 4 is 11.3 Å². The largest absolute Gasteiger partial charge is 0.309 e. The van der Waals surface area contributed by atoms with E-state index in [1.165, 1.54) is 10.4 Å². The first-order chi connectivity index (χ1) is 6.16. The molecule has 13 heavy (non-hydrogen) atoms. The first-order valence-corrected chi connectivity index (χ1v) is 5.82. The Labute approximate surface area is 85.2 Å². The Morgan fingerprint density at radius 2 is 2.15 bits per heavy atom. The number of aryl methyl sites for hydroxylation is 1. The third kappa shape index (κ3) is 2.55. The zero-order chi connectivity index (χ0) is 9.84. The van der Waals surface area contributed by atoms with Crippen LogP contribution in [0.1, 0.15) is 37.3 Å². The third-order valence-corrected chi connectivity index (χ3v) is 3.38. The highest BCUT2D eigenvalue weighted by atomic mass is 32.1. The van der Waals surface area contributed by atoms with Gasteiger partial charge in [-0.15, -0.1) is 11.3 Å². The highest BCUT2D eigenvalue weighted by Crippen LogP contribution is 2.28. The van der Waals surface area contributed by atoms with Gasteiger partial charge in [0.1, 0.15) is 0 Å². The van der Waals surface area contributed by atoms with E-state index in [0.717, 1.165) is 6.54 Å². The second-order valence-corrected chi connectivity index (χ2v) is 4.69. The average molecular weight is 197 g/mol. The van der Waals surface area contributed by atoms with Crippen LogP contribution < -0.4 is 5.32 Å². The maximum atomic E-state index is 3.54. The summed E-state index contributed by atoms with van der Waals surface area (Å²) in [7, 11) is 0. The molecule has 0 aromatic carbocycles. The summed E-state index contributed by atoms with van der Waals surface area (Å²) in [5.74, 6) is 0.664. The molecule has 0 fully saturated rings. The fourth-order valence-electron chi connectivity index (χ4n) is 1.55. The smallest absolute Gasteiger partial charge is 0.0440 e. The van der Waals surface area contributed by atoms with E-state index >= 15 is 0 Å².